The van der Waals surface area contributed by atoms with Crippen molar-refractivity contribution in [3.63, 3.8) is 0 Å². The molecule has 2 rings (SSSR count). The van der Waals surface area contributed by atoms with Crippen LogP contribution < -0.4 is 5.73 Å². The first-order valence-corrected chi connectivity index (χ1v) is 7.57. The van der Waals surface area contributed by atoms with Crippen molar-refractivity contribution in [1.82, 2.24) is 4.90 Å². The van der Waals surface area contributed by atoms with Crippen LogP contribution in [0.2, 0.25) is 5.02 Å². The minimum atomic E-state index is -0.0489. The lowest BCUT2D eigenvalue weighted by atomic mass is 9.93. The quantitative estimate of drug-likeness (QED) is 0.926. The van der Waals surface area contributed by atoms with Crippen molar-refractivity contribution in [2.24, 2.45) is 5.73 Å². The van der Waals surface area contributed by atoms with E-state index >= 15 is 0 Å². The number of hydrogen-bond acceptors (Lipinski definition) is 4. The Hall–Kier alpha value is -0.130. The summed E-state index contributed by atoms with van der Waals surface area (Å²) in [6.45, 7) is 4.81. The predicted octanol–water partition coefficient (Wildman–Crippen LogP) is 2.90. The molecule has 1 fully saturated rings. The van der Waals surface area contributed by atoms with E-state index in [0.29, 0.717) is 6.54 Å². The molecule has 0 saturated carbocycles. The first-order chi connectivity index (χ1) is 8.58. The lowest BCUT2D eigenvalue weighted by Crippen LogP contribution is -2.49. The highest BCUT2D eigenvalue weighted by molar-refractivity contribution is 7.10. The van der Waals surface area contributed by atoms with Crippen molar-refractivity contribution in [3.8, 4) is 0 Å². The van der Waals surface area contributed by atoms with Gasteiger partial charge in [-0.2, -0.15) is 0 Å². The molecule has 0 aliphatic carbocycles. The van der Waals surface area contributed by atoms with Gasteiger partial charge >= 0.3 is 0 Å². The second-order valence-electron chi connectivity index (χ2n) is 5.15. The maximum atomic E-state index is 6.01. The minimum absolute atomic E-state index is 0.0489. The summed E-state index contributed by atoms with van der Waals surface area (Å²) in [6.07, 6.45) is 2.27. The number of methoxy groups -OCH3 is 1. The molecule has 1 aliphatic rings. The van der Waals surface area contributed by atoms with Crippen LogP contribution >= 0.6 is 22.9 Å². The Morgan fingerprint density at radius 3 is 3.00 bits per heavy atom. The summed E-state index contributed by atoms with van der Waals surface area (Å²) in [5.41, 5.74) is 5.91. The summed E-state index contributed by atoms with van der Waals surface area (Å²) in [4.78, 5) is 3.68. The van der Waals surface area contributed by atoms with Crippen molar-refractivity contribution in [1.29, 1.82) is 0 Å². The van der Waals surface area contributed by atoms with Gasteiger partial charge in [-0.25, -0.2) is 0 Å². The second-order valence-corrected chi connectivity index (χ2v) is 6.53. The average Bonchev–Trinajstić information content (AvgIpc) is 2.77. The Morgan fingerprint density at radius 1 is 1.67 bits per heavy atom. The first kappa shape index (κ1) is 14.3. The van der Waals surface area contributed by atoms with Crippen molar-refractivity contribution in [2.45, 2.75) is 31.4 Å². The molecule has 18 heavy (non-hydrogen) atoms. The third-order valence-electron chi connectivity index (χ3n) is 3.76. The van der Waals surface area contributed by atoms with Gasteiger partial charge < -0.3 is 10.5 Å². The fourth-order valence-corrected chi connectivity index (χ4v) is 3.85. The summed E-state index contributed by atoms with van der Waals surface area (Å²) in [5, 5.41) is 2.78. The Balaban J connectivity index is 2.13. The van der Waals surface area contributed by atoms with Gasteiger partial charge in [0.2, 0.25) is 0 Å². The molecule has 1 aliphatic heterocycles. The number of rotatable bonds is 4. The lowest BCUT2D eigenvalue weighted by Gasteiger charge is -2.42. The Labute approximate surface area is 118 Å². The molecule has 1 saturated heterocycles. The maximum absolute atomic E-state index is 6.01. The predicted molar refractivity (Wildman–Crippen MR) is 77.3 cm³/mol. The molecule has 102 valence electrons. The fraction of sp³-hybridized carbons (Fsp3) is 0.692. The zero-order valence-electron chi connectivity index (χ0n) is 11.0. The first-order valence-electron chi connectivity index (χ1n) is 6.31. The highest BCUT2D eigenvalue weighted by Crippen LogP contribution is 2.33. The van der Waals surface area contributed by atoms with E-state index < -0.39 is 0 Å². The number of piperidine rings is 1. The molecular weight excluding hydrogens is 268 g/mol. The van der Waals surface area contributed by atoms with Crippen LogP contribution in [0, 0.1) is 0 Å². The fourth-order valence-electron chi connectivity index (χ4n) is 2.62. The number of halogens is 1. The molecule has 5 heteroatoms. The molecule has 3 nitrogen and oxygen atoms in total. The number of thiophene rings is 1. The lowest BCUT2D eigenvalue weighted by molar-refractivity contribution is -0.0605. The molecule has 2 atom stereocenters. The molecule has 0 bridgehead atoms. The zero-order chi connectivity index (χ0) is 13.2. The highest BCUT2D eigenvalue weighted by atomic mass is 35.5. The summed E-state index contributed by atoms with van der Waals surface area (Å²) in [7, 11) is 1.79. The highest BCUT2D eigenvalue weighted by Gasteiger charge is 2.34. The number of nitrogens with zero attached hydrogens (tertiary/aromatic N) is 1. The number of nitrogens with two attached hydrogens (primary N) is 1. The van der Waals surface area contributed by atoms with Gasteiger partial charge in [0.1, 0.15) is 0 Å². The Morgan fingerprint density at radius 2 is 2.44 bits per heavy atom. The Bertz CT molecular complexity index is 398. The van der Waals surface area contributed by atoms with Crippen LogP contribution in [0.4, 0.5) is 0 Å². The summed E-state index contributed by atoms with van der Waals surface area (Å²) >= 11 is 7.70. The van der Waals surface area contributed by atoms with E-state index in [1.54, 1.807) is 18.4 Å². The average molecular weight is 289 g/mol. The van der Waals surface area contributed by atoms with Crippen molar-refractivity contribution >= 4 is 22.9 Å². The molecule has 2 unspecified atom stereocenters. The van der Waals surface area contributed by atoms with E-state index in [1.807, 2.05) is 11.4 Å². The third-order valence-corrected chi connectivity index (χ3v) is 5.14. The number of hydrogen-bond donors (Lipinski definition) is 1. The topological polar surface area (TPSA) is 38.5 Å². The van der Waals surface area contributed by atoms with E-state index in [-0.39, 0.29) is 11.6 Å². The third kappa shape index (κ3) is 3.06. The van der Waals surface area contributed by atoms with E-state index in [9.17, 15) is 0 Å². The van der Waals surface area contributed by atoms with Crippen LogP contribution in [-0.4, -0.2) is 37.2 Å². The molecule has 1 aromatic heterocycles. The molecule has 1 aromatic rings. The van der Waals surface area contributed by atoms with Crippen LogP contribution in [0.25, 0.3) is 0 Å². The molecule has 0 spiro atoms. The molecule has 2 heterocycles. The van der Waals surface area contributed by atoms with Crippen molar-refractivity contribution in [3.05, 3.63) is 21.3 Å². The van der Waals surface area contributed by atoms with Crippen LogP contribution in [0.15, 0.2) is 11.4 Å². The number of ether oxygens (including phenoxy) is 1. The minimum Gasteiger partial charge on any atom is -0.377 e. The maximum Gasteiger partial charge on any atom is 0.0777 e. The van der Waals surface area contributed by atoms with E-state index in [4.69, 9.17) is 22.1 Å². The molecular formula is C13H21ClN2OS. The van der Waals surface area contributed by atoms with Crippen LogP contribution in [0.1, 0.15) is 30.7 Å². The monoisotopic (exact) mass is 288 g/mol. The van der Waals surface area contributed by atoms with Crippen LogP contribution in [0.3, 0.4) is 0 Å². The van der Waals surface area contributed by atoms with E-state index in [1.165, 1.54) is 4.88 Å². The zero-order valence-corrected chi connectivity index (χ0v) is 12.6. The summed E-state index contributed by atoms with van der Waals surface area (Å²) < 4.78 is 5.64. The molecule has 0 amide bonds. The number of likely N-dealkylation sites (tertiary alicyclic amines) is 1. The van der Waals surface area contributed by atoms with Gasteiger partial charge in [-0.05, 0) is 32.4 Å². The van der Waals surface area contributed by atoms with E-state index in [0.717, 1.165) is 31.0 Å². The van der Waals surface area contributed by atoms with Gasteiger partial charge in [0.05, 0.1) is 16.7 Å². The smallest absolute Gasteiger partial charge is 0.0777 e. The largest absolute Gasteiger partial charge is 0.377 e. The SMILES string of the molecule is COC1(C)CCCN(C(CN)c2cc(Cl)cs2)C1. The van der Waals surface area contributed by atoms with Crippen LogP contribution in [-0.2, 0) is 4.74 Å². The van der Waals surface area contributed by atoms with Crippen LogP contribution in [0.5, 0.6) is 0 Å². The van der Waals surface area contributed by atoms with E-state index in [2.05, 4.69) is 11.8 Å². The molecule has 0 aromatic carbocycles. The molecule has 0 radical (unpaired) electrons. The van der Waals surface area contributed by atoms with Gasteiger partial charge in [-0.3, -0.25) is 4.90 Å². The van der Waals surface area contributed by atoms with Gasteiger partial charge in [-0.1, -0.05) is 11.6 Å². The van der Waals surface area contributed by atoms with Gasteiger partial charge in [-0.15, -0.1) is 11.3 Å². The van der Waals surface area contributed by atoms with Gasteiger partial charge in [0, 0.05) is 30.5 Å². The summed E-state index contributed by atoms with van der Waals surface area (Å²) in [6, 6.07) is 2.29. The molecule has 2 N–H and O–H groups in total. The van der Waals surface area contributed by atoms with Crippen molar-refractivity contribution < 1.29 is 4.74 Å². The van der Waals surface area contributed by atoms with Gasteiger partial charge in [0.15, 0.2) is 0 Å². The summed E-state index contributed by atoms with van der Waals surface area (Å²) in [5.74, 6) is 0. The standard InChI is InChI=1S/C13H21ClN2OS/c1-13(17-2)4-3-5-16(9-13)11(7-15)12-6-10(14)8-18-12/h6,8,11H,3-5,7,9,15H2,1-2H3. The second kappa shape index (κ2) is 5.88. The van der Waals surface area contributed by atoms with Crippen molar-refractivity contribution in [2.75, 3.05) is 26.7 Å². The Kier molecular flexibility index (Phi) is 4.67. The van der Waals surface area contributed by atoms with Gasteiger partial charge in [0.25, 0.3) is 0 Å². The normalized spacial score (nSPS) is 27.3.